The Balaban J connectivity index is 1.07. The lowest BCUT2D eigenvalue weighted by Gasteiger charge is -2.29. The molecule has 2 aliphatic heterocycles. The van der Waals surface area contributed by atoms with E-state index in [4.69, 9.17) is 9.47 Å². The largest absolute Gasteiger partial charge is 0.454 e. The van der Waals surface area contributed by atoms with Crippen molar-refractivity contribution in [1.29, 1.82) is 5.26 Å². The number of nitrogens with zero attached hydrogens (tertiary/aromatic N) is 2. The summed E-state index contributed by atoms with van der Waals surface area (Å²) < 4.78 is 10.9. The molecule has 2 unspecified atom stereocenters. The number of hydrogen-bond acceptors (Lipinski definition) is 4. The van der Waals surface area contributed by atoms with Crippen LogP contribution in [0.3, 0.4) is 0 Å². The molecule has 1 saturated carbocycles. The highest BCUT2D eigenvalue weighted by atomic mass is 16.7. The van der Waals surface area contributed by atoms with Gasteiger partial charge in [-0.3, -0.25) is 0 Å². The second kappa shape index (κ2) is 8.81. The Morgan fingerprint density at radius 1 is 0.853 bits per heavy atom. The van der Waals surface area contributed by atoms with Gasteiger partial charge in [0, 0.05) is 19.6 Å². The first-order valence-electron chi connectivity index (χ1n) is 12.4. The van der Waals surface area contributed by atoms with Gasteiger partial charge in [-0.25, -0.2) is 0 Å². The van der Waals surface area contributed by atoms with Gasteiger partial charge in [0.15, 0.2) is 11.5 Å². The molecule has 0 aromatic heterocycles. The molecule has 1 aliphatic carbocycles. The minimum atomic E-state index is -0.571. The van der Waals surface area contributed by atoms with Crippen LogP contribution in [0.25, 0.3) is 0 Å². The van der Waals surface area contributed by atoms with Crippen LogP contribution in [0.5, 0.6) is 11.5 Å². The zero-order valence-corrected chi connectivity index (χ0v) is 19.4. The third-order valence-corrected chi connectivity index (χ3v) is 8.18. The first kappa shape index (κ1) is 21.3. The maximum Gasteiger partial charge on any atom is 0.231 e. The molecule has 172 valence electrons. The Morgan fingerprint density at radius 2 is 1.50 bits per heavy atom. The lowest BCUT2D eigenvalue weighted by atomic mass is 9.72. The van der Waals surface area contributed by atoms with Crippen molar-refractivity contribution in [3.63, 3.8) is 0 Å². The number of rotatable bonds is 8. The Labute approximate surface area is 201 Å². The van der Waals surface area contributed by atoms with E-state index in [1.165, 1.54) is 18.7 Å². The van der Waals surface area contributed by atoms with E-state index in [-0.39, 0.29) is 0 Å². The summed E-state index contributed by atoms with van der Waals surface area (Å²) in [6, 6.07) is 29.7. The average molecular weight is 451 g/mol. The summed E-state index contributed by atoms with van der Waals surface area (Å²) in [5.41, 5.74) is 2.96. The highest BCUT2D eigenvalue weighted by molar-refractivity contribution is 5.46. The Kier molecular flexibility index (Phi) is 5.51. The quantitative estimate of drug-likeness (QED) is 0.459. The minimum absolute atomic E-state index is 0.331. The highest BCUT2D eigenvalue weighted by Crippen LogP contribution is 2.55. The highest BCUT2D eigenvalue weighted by Gasteiger charge is 2.55. The van der Waals surface area contributed by atoms with Gasteiger partial charge in [-0.1, -0.05) is 66.7 Å². The third kappa shape index (κ3) is 3.85. The van der Waals surface area contributed by atoms with Crippen LogP contribution in [-0.2, 0) is 11.8 Å². The summed E-state index contributed by atoms with van der Waals surface area (Å²) in [4.78, 5) is 2.61. The summed E-state index contributed by atoms with van der Waals surface area (Å²) in [5, 5.41) is 10.4. The molecule has 2 atom stereocenters. The van der Waals surface area contributed by atoms with Crippen LogP contribution in [0.2, 0.25) is 0 Å². The van der Waals surface area contributed by atoms with Crippen molar-refractivity contribution in [2.24, 2.45) is 17.8 Å². The summed E-state index contributed by atoms with van der Waals surface area (Å²) in [6.45, 7) is 3.80. The Bertz CT molecular complexity index is 1140. The zero-order chi connectivity index (χ0) is 23.0. The number of hydrogen-bond donors (Lipinski definition) is 0. The van der Waals surface area contributed by atoms with Crippen molar-refractivity contribution in [1.82, 2.24) is 4.90 Å². The lowest BCUT2D eigenvalue weighted by molar-refractivity contribution is 0.174. The van der Waals surface area contributed by atoms with Gasteiger partial charge in [-0.15, -0.1) is 0 Å². The third-order valence-electron chi connectivity index (χ3n) is 8.18. The number of fused-ring (bicyclic) bond motifs is 2. The fraction of sp³-hybridized carbons (Fsp3) is 0.367. The van der Waals surface area contributed by atoms with Crippen LogP contribution in [0, 0.1) is 29.1 Å². The summed E-state index contributed by atoms with van der Waals surface area (Å²) >= 11 is 0. The van der Waals surface area contributed by atoms with Crippen molar-refractivity contribution >= 4 is 0 Å². The van der Waals surface area contributed by atoms with Gasteiger partial charge >= 0.3 is 0 Å². The second-order valence-corrected chi connectivity index (χ2v) is 9.98. The van der Waals surface area contributed by atoms with Gasteiger partial charge in [0.1, 0.15) is 5.41 Å². The molecule has 0 spiro atoms. The van der Waals surface area contributed by atoms with Gasteiger partial charge in [-0.05, 0) is 65.8 Å². The van der Waals surface area contributed by atoms with Gasteiger partial charge in [0.25, 0.3) is 0 Å². The van der Waals surface area contributed by atoms with Crippen molar-refractivity contribution in [2.75, 3.05) is 26.4 Å². The molecule has 34 heavy (non-hydrogen) atoms. The molecule has 6 rings (SSSR count). The number of piperidine rings is 1. The van der Waals surface area contributed by atoms with Crippen molar-refractivity contribution in [2.45, 2.75) is 24.7 Å². The van der Waals surface area contributed by atoms with Crippen LogP contribution in [0.4, 0.5) is 0 Å². The minimum Gasteiger partial charge on any atom is -0.454 e. The van der Waals surface area contributed by atoms with E-state index in [0.717, 1.165) is 66.2 Å². The maximum absolute atomic E-state index is 10.4. The van der Waals surface area contributed by atoms with Gasteiger partial charge in [0.2, 0.25) is 6.79 Å². The van der Waals surface area contributed by atoms with E-state index in [1.807, 2.05) is 42.5 Å². The SMILES string of the molecule is N#CC(CCC1C2CN(CCc3ccc4c(c3)OCO4)CC12)(c1ccccc1)c1ccccc1. The van der Waals surface area contributed by atoms with Crippen LogP contribution in [0.1, 0.15) is 29.5 Å². The van der Waals surface area contributed by atoms with Crippen molar-refractivity contribution in [3.8, 4) is 17.6 Å². The molecule has 0 bridgehead atoms. The molecule has 0 amide bonds. The Morgan fingerprint density at radius 3 is 2.15 bits per heavy atom. The fourth-order valence-electron chi connectivity index (χ4n) is 6.20. The van der Waals surface area contributed by atoms with Crippen LogP contribution in [-0.4, -0.2) is 31.3 Å². The number of ether oxygens (including phenoxy) is 2. The van der Waals surface area contributed by atoms with Crippen molar-refractivity contribution in [3.05, 3.63) is 95.6 Å². The molecule has 0 N–H and O–H groups in total. The molecule has 3 aromatic carbocycles. The van der Waals surface area contributed by atoms with Crippen LogP contribution < -0.4 is 9.47 Å². The van der Waals surface area contributed by atoms with E-state index in [1.54, 1.807) is 0 Å². The molecular formula is C30H30N2O2. The molecular weight excluding hydrogens is 420 g/mol. The van der Waals surface area contributed by atoms with E-state index < -0.39 is 5.41 Å². The predicted octanol–water partition coefficient (Wildman–Crippen LogP) is 5.43. The average Bonchev–Trinajstić information content (AvgIpc) is 3.22. The molecule has 3 aliphatic rings. The molecule has 1 saturated heterocycles. The van der Waals surface area contributed by atoms with Gasteiger partial charge in [-0.2, -0.15) is 5.26 Å². The van der Waals surface area contributed by atoms with Crippen molar-refractivity contribution < 1.29 is 9.47 Å². The maximum atomic E-state index is 10.4. The fourth-order valence-corrected chi connectivity index (χ4v) is 6.20. The summed E-state index contributed by atoms with van der Waals surface area (Å²) in [5.74, 6) is 4.06. The summed E-state index contributed by atoms with van der Waals surface area (Å²) in [7, 11) is 0. The van der Waals surface area contributed by atoms with Gasteiger partial charge < -0.3 is 14.4 Å². The van der Waals surface area contributed by atoms with E-state index in [2.05, 4.69) is 47.4 Å². The predicted molar refractivity (Wildman–Crippen MR) is 132 cm³/mol. The first-order valence-corrected chi connectivity index (χ1v) is 12.4. The number of benzene rings is 3. The second-order valence-electron chi connectivity index (χ2n) is 9.98. The topological polar surface area (TPSA) is 45.5 Å². The number of likely N-dealkylation sites (tertiary alicyclic amines) is 1. The molecule has 3 aromatic rings. The van der Waals surface area contributed by atoms with E-state index in [9.17, 15) is 5.26 Å². The molecule has 0 radical (unpaired) electrons. The van der Waals surface area contributed by atoms with Gasteiger partial charge in [0.05, 0.1) is 6.07 Å². The smallest absolute Gasteiger partial charge is 0.231 e. The molecule has 4 heteroatoms. The first-order chi connectivity index (χ1) is 16.8. The summed E-state index contributed by atoms with van der Waals surface area (Å²) in [6.07, 6.45) is 3.04. The number of nitriles is 1. The molecule has 4 nitrogen and oxygen atoms in total. The van der Waals surface area contributed by atoms with E-state index in [0.29, 0.717) is 6.79 Å². The van der Waals surface area contributed by atoms with E-state index >= 15 is 0 Å². The van der Waals surface area contributed by atoms with Crippen LogP contribution in [0.15, 0.2) is 78.9 Å². The molecule has 2 fully saturated rings. The monoisotopic (exact) mass is 450 g/mol. The zero-order valence-electron chi connectivity index (χ0n) is 19.4. The lowest BCUT2D eigenvalue weighted by Crippen LogP contribution is -2.28. The standard InChI is InChI=1S/C30H30N2O2/c31-20-30(23-7-3-1-4-8-23,24-9-5-2-6-10-24)15-13-25-26-18-32(19-27(25)26)16-14-22-11-12-28-29(17-22)34-21-33-28/h1-12,17,25-27H,13-16,18-19,21H2. The Hall–Kier alpha value is -3.29. The molecule has 2 heterocycles. The normalized spacial score (nSPS) is 22.9. The van der Waals surface area contributed by atoms with Crippen LogP contribution >= 0.6 is 0 Å².